The Labute approximate surface area is 184 Å². The van der Waals surface area contributed by atoms with Crippen molar-refractivity contribution in [3.05, 3.63) is 53.6 Å². The summed E-state index contributed by atoms with van der Waals surface area (Å²) >= 11 is 0. The standard InChI is InChI=1S/C21H27N3O5S2/c1-16-7-10-19(31(28,29)24-13-5-4-6-14-24)15-20(16)22-21(25)17-8-11-18(12-9-17)30(26,27)23(2)3/h7-12,15H,4-6,13-14H2,1-3H3,(H,22,25). The highest BCUT2D eigenvalue weighted by Gasteiger charge is 2.26. The molecule has 0 radical (unpaired) electrons. The van der Waals surface area contributed by atoms with Gasteiger partial charge in [0.1, 0.15) is 0 Å². The molecule has 1 fully saturated rings. The first-order chi connectivity index (χ1) is 14.5. The average molecular weight is 466 g/mol. The molecular weight excluding hydrogens is 438 g/mol. The van der Waals surface area contributed by atoms with E-state index in [1.807, 2.05) is 0 Å². The van der Waals surface area contributed by atoms with Crippen LogP contribution in [0, 0.1) is 6.92 Å². The van der Waals surface area contributed by atoms with Crippen LogP contribution in [0.4, 0.5) is 5.69 Å². The van der Waals surface area contributed by atoms with Crippen molar-refractivity contribution in [3.63, 3.8) is 0 Å². The second-order valence-corrected chi connectivity index (χ2v) is 11.8. The van der Waals surface area contributed by atoms with Gasteiger partial charge in [-0.15, -0.1) is 0 Å². The number of carbonyl (C=O) groups is 1. The van der Waals surface area contributed by atoms with Gasteiger partial charge in [-0.1, -0.05) is 12.5 Å². The van der Waals surface area contributed by atoms with Crippen molar-refractivity contribution >= 4 is 31.6 Å². The van der Waals surface area contributed by atoms with Crippen LogP contribution in [-0.4, -0.2) is 58.5 Å². The van der Waals surface area contributed by atoms with E-state index in [1.54, 1.807) is 19.1 Å². The molecule has 2 aromatic rings. The first kappa shape index (κ1) is 23.4. The smallest absolute Gasteiger partial charge is 0.255 e. The highest BCUT2D eigenvalue weighted by Crippen LogP contribution is 2.26. The van der Waals surface area contributed by atoms with Crippen molar-refractivity contribution in [3.8, 4) is 0 Å². The summed E-state index contributed by atoms with van der Waals surface area (Å²) in [5.74, 6) is -0.454. The molecule has 1 heterocycles. The molecule has 10 heteroatoms. The Hall–Kier alpha value is -2.27. The predicted octanol–water partition coefficient (Wildman–Crippen LogP) is 2.67. The van der Waals surface area contributed by atoms with Crippen molar-refractivity contribution in [2.24, 2.45) is 0 Å². The molecule has 1 aliphatic rings. The summed E-state index contributed by atoms with van der Waals surface area (Å²) in [4.78, 5) is 12.9. The minimum atomic E-state index is -3.62. The number of nitrogens with zero attached hydrogens (tertiary/aromatic N) is 2. The third-order valence-electron chi connectivity index (χ3n) is 5.31. The second-order valence-electron chi connectivity index (χ2n) is 7.71. The number of anilines is 1. The number of hydrogen-bond acceptors (Lipinski definition) is 5. The van der Waals surface area contributed by atoms with Crippen LogP contribution in [0.15, 0.2) is 52.3 Å². The fourth-order valence-corrected chi connectivity index (χ4v) is 5.78. The topological polar surface area (TPSA) is 104 Å². The molecule has 0 bridgehead atoms. The summed E-state index contributed by atoms with van der Waals surface area (Å²) in [6, 6.07) is 10.3. The van der Waals surface area contributed by atoms with Gasteiger partial charge in [-0.3, -0.25) is 4.79 Å². The summed E-state index contributed by atoms with van der Waals surface area (Å²) in [7, 11) is -4.34. The summed E-state index contributed by atoms with van der Waals surface area (Å²) in [5, 5.41) is 2.74. The van der Waals surface area contributed by atoms with Crippen LogP contribution in [0.3, 0.4) is 0 Å². The highest BCUT2D eigenvalue weighted by molar-refractivity contribution is 7.89. The Balaban J connectivity index is 1.82. The number of carbonyl (C=O) groups excluding carboxylic acids is 1. The largest absolute Gasteiger partial charge is 0.322 e. The highest BCUT2D eigenvalue weighted by atomic mass is 32.2. The van der Waals surface area contributed by atoms with Gasteiger partial charge < -0.3 is 5.32 Å². The van der Waals surface area contributed by atoms with Gasteiger partial charge in [0.2, 0.25) is 20.0 Å². The lowest BCUT2D eigenvalue weighted by molar-refractivity contribution is 0.102. The van der Waals surface area contributed by atoms with Crippen molar-refractivity contribution in [1.82, 2.24) is 8.61 Å². The van der Waals surface area contributed by atoms with Crippen molar-refractivity contribution < 1.29 is 21.6 Å². The number of piperidine rings is 1. The van der Waals surface area contributed by atoms with Crippen LogP contribution in [0.1, 0.15) is 35.2 Å². The number of aryl methyl sites for hydroxylation is 1. The van der Waals surface area contributed by atoms with E-state index in [4.69, 9.17) is 0 Å². The lowest BCUT2D eigenvalue weighted by Crippen LogP contribution is -2.35. The minimum absolute atomic E-state index is 0.0832. The van der Waals surface area contributed by atoms with Gasteiger partial charge in [0, 0.05) is 38.4 Å². The monoisotopic (exact) mass is 465 g/mol. The fraction of sp³-hybridized carbons (Fsp3) is 0.381. The van der Waals surface area contributed by atoms with E-state index in [1.165, 1.54) is 48.7 Å². The molecule has 1 amide bonds. The molecule has 3 rings (SSSR count). The summed E-state index contributed by atoms with van der Waals surface area (Å²) in [5.41, 5.74) is 1.38. The van der Waals surface area contributed by atoms with Crippen LogP contribution in [0.2, 0.25) is 0 Å². The molecule has 0 aliphatic carbocycles. The van der Waals surface area contributed by atoms with Crippen LogP contribution >= 0.6 is 0 Å². The molecule has 8 nitrogen and oxygen atoms in total. The Kier molecular flexibility index (Phi) is 6.85. The zero-order valence-electron chi connectivity index (χ0n) is 17.8. The third kappa shape index (κ3) is 4.98. The van der Waals surface area contributed by atoms with Gasteiger partial charge in [0.15, 0.2) is 0 Å². The van der Waals surface area contributed by atoms with Crippen molar-refractivity contribution in [1.29, 1.82) is 0 Å². The van der Waals surface area contributed by atoms with Crippen LogP contribution in [0.5, 0.6) is 0 Å². The predicted molar refractivity (Wildman–Crippen MR) is 119 cm³/mol. The number of rotatable bonds is 6. The van der Waals surface area contributed by atoms with Crippen LogP contribution in [0.25, 0.3) is 0 Å². The molecule has 0 unspecified atom stereocenters. The Morgan fingerprint density at radius 1 is 0.903 bits per heavy atom. The number of nitrogens with one attached hydrogen (secondary N) is 1. The molecule has 1 aliphatic heterocycles. The molecular formula is C21H27N3O5S2. The molecule has 168 valence electrons. The second kappa shape index (κ2) is 9.07. The van der Waals surface area contributed by atoms with Gasteiger partial charge >= 0.3 is 0 Å². The van der Waals surface area contributed by atoms with E-state index in [-0.39, 0.29) is 15.4 Å². The molecule has 0 atom stereocenters. The van der Waals surface area contributed by atoms with Gasteiger partial charge in [-0.05, 0) is 61.7 Å². The maximum atomic E-state index is 12.9. The number of sulfonamides is 2. The Bertz CT molecular complexity index is 1170. The molecule has 31 heavy (non-hydrogen) atoms. The molecule has 2 aromatic carbocycles. The minimum Gasteiger partial charge on any atom is -0.322 e. The van der Waals surface area contributed by atoms with Gasteiger partial charge in [0.05, 0.1) is 9.79 Å². The first-order valence-corrected chi connectivity index (χ1v) is 12.9. The average Bonchev–Trinajstić information content (AvgIpc) is 2.75. The number of hydrogen-bond donors (Lipinski definition) is 1. The molecule has 0 spiro atoms. The maximum Gasteiger partial charge on any atom is 0.255 e. The Morgan fingerprint density at radius 2 is 1.48 bits per heavy atom. The zero-order valence-corrected chi connectivity index (χ0v) is 19.5. The van der Waals surface area contributed by atoms with Crippen molar-refractivity contribution in [2.75, 3.05) is 32.5 Å². The van der Waals surface area contributed by atoms with Crippen LogP contribution in [-0.2, 0) is 20.0 Å². The van der Waals surface area contributed by atoms with Gasteiger partial charge in [-0.2, -0.15) is 4.31 Å². The van der Waals surface area contributed by atoms with Crippen LogP contribution < -0.4 is 5.32 Å². The maximum absolute atomic E-state index is 12.9. The normalized spacial score (nSPS) is 15.7. The number of benzene rings is 2. The fourth-order valence-electron chi connectivity index (χ4n) is 3.33. The zero-order chi connectivity index (χ0) is 22.8. The summed E-state index contributed by atoms with van der Waals surface area (Å²) in [6.45, 7) is 2.78. The quantitative estimate of drug-likeness (QED) is 0.706. The first-order valence-electron chi connectivity index (χ1n) is 9.98. The van der Waals surface area contributed by atoms with E-state index >= 15 is 0 Å². The van der Waals surface area contributed by atoms with E-state index in [0.29, 0.717) is 18.8 Å². The SMILES string of the molecule is Cc1ccc(S(=O)(=O)N2CCCCC2)cc1NC(=O)c1ccc(S(=O)(=O)N(C)C)cc1. The lowest BCUT2D eigenvalue weighted by Gasteiger charge is -2.26. The van der Waals surface area contributed by atoms with E-state index in [9.17, 15) is 21.6 Å². The lowest BCUT2D eigenvalue weighted by atomic mass is 10.1. The van der Waals surface area contributed by atoms with Gasteiger partial charge in [0.25, 0.3) is 5.91 Å². The molecule has 1 N–H and O–H groups in total. The van der Waals surface area contributed by atoms with Crippen molar-refractivity contribution in [2.45, 2.75) is 36.0 Å². The molecule has 0 saturated carbocycles. The third-order valence-corrected chi connectivity index (χ3v) is 9.03. The van der Waals surface area contributed by atoms with E-state index in [0.717, 1.165) is 29.1 Å². The summed E-state index contributed by atoms with van der Waals surface area (Å²) in [6.07, 6.45) is 2.71. The molecule has 0 aromatic heterocycles. The summed E-state index contributed by atoms with van der Waals surface area (Å²) < 4.78 is 52.8. The number of amides is 1. The van der Waals surface area contributed by atoms with E-state index < -0.39 is 26.0 Å². The van der Waals surface area contributed by atoms with E-state index in [2.05, 4.69) is 5.32 Å². The van der Waals surface area contributed by atoms with Gasteiger partial charge in [-0.25, -0.2) is 21.1 Å². The molecule has 1 saturated heterocycles. The Morgan fingerprint density at radius 3 is 2.06 bits per heavy atom.